The summed E-state index contributed by atoms with van der Waals surface area (Å²) >= 11 is 3.22. The van der Waals surface area contributed by atoms with Gasteiger partial charge in [-0.05, 0) is 31.0 Å². The van der Waals surface area contributed by atoms with Crippen molar-refractivity contribution in [2.24, 2.45) is 10.9 Å². The summed E-state index contributed by atoms with van der Waals surface area (Å²) in [4.78, 5) is 1.26. The van der Waals surface area contributed by atoms with Crippen molar-refractivity contribution in [3.05, 3.63) is 28.2 Å². The van der Waals surface area contributed by atoms with Crippen molar-refractivity contribution in [1.82, 2.24) is 0 Å². The first kappa shape index (κ1) is 15.0. The van der Waals surface area contributed by atoms with E-state index >= 15 is 0 Å². The van der Waals surface area contributed by atoms with Crippen LogP contribution in [0.1, 0.15) is 18.4 Å². The third kappa shape index (κ3) is 3.56. The van der Waals surface area contributed by atoms with Crippen LogP contribution >= 0.6 is 15.9 Å². The molecule has 0 spiro atoms. The van der Waals surface area contributed by atoms with Crippen molar-refractivity contribution in [2.75, 3.05) is 11.4 Å². The Kier molecular flexibility index (Phi) is 4.12. The third-order valence-electron chi connectivity index (χ3n) is 2.99. The van der Waals surface area contributed by atoms with Gasteiger partial charge in [0, 0.05) is 21.8 Å². The Morgan fingerprint density at radius 3 is 2.60 bits per heavy atom. The summed E-state index contributed by atoms with van der Waals surface area (Å²) in [5, 5.41) is 11.7. The molecule has 1 aromatic rings. The minimum atomic E-state index is -4.31. The van der Waals surface area contributed by atoms with E-state index in [0.717, 1.165) is 0 Å². The molecule has 0 heterocycles. The Balaban J connectivity index is 2.42. The van der Waals surface area contributed by atoms with E-state index in [1.54, 1.807) is 12.1 Å². The lowest BCUT2D eigenvalue weighted by atomic mass is 10.1. The molecule has 20 heavy (non-hydrogen) atoms. The van der Waals surface area contributed by atoms with Crippen LogP contribution in [-0.4, -0.2) is 29.8 Å². The Labute approximate surface area is 122 Å². The third-order valence-corrected chi connectivity index (χ3v) is 3.48. The highest BCUT2D eigenvalue weighted by Crippen LogP contribution is 2.36. The highest BCUT2D eigenvalue weighted by Gasteiger charge is 2.39. The molecule has 0 bridgehead atoms. The van der Waals surface area contributed by atoms with E-state index < -0.39 is 12.7 Å². The zero-order valence-corrected chi connectivity index (χ0v) is 11.9. The summed E-state index contributed by atoms with van der Waals surface area (Å²) in [5.74, 6) is -0.214. The fourth-order valence-electron chi connectivity index (χ4n) is 2.01. The van der Waals surface area contributed by atoms with Crippen LogP contribution in [-0.2, 0) is 0 Å². The van der Waals surface area contributed by atoms with Crippen LogP contribution < -0.4 is 10.6 Å². The number of hydrogen-bond donors (Lipinski definition) is 2. The molecule has 0 atom stereocenters. The lowest BCUT2D eigenvalue weighted by molar-refractivity contribution is -0.120. The van der Waals surface area contributed by atoms with E-state index in [0.29, 0.717) is 23.0 Å². The summed E-state index contributed by atoms with van der Waals surface area (Å²) in [6.07, 6.45) is -2.89. The van der Waals surface area contributed by atoms with Crippen LogP contribution in [0.5, 0.6) is 0 Å². The van der Waals surface area contributed by atoms with Gasteiger partial charge in [-0.2, -0.15) is 13.2 Å². The molecule has 0 saturated heterocycles. The molecule has 3 N–H and O–H groups in total. The molecule has 1 aromatic carbocycles. The lowest BCUT2D eigenvalue weighted by Crippen LogP contribution is -2.37. The quantitative estimate of drug-likeness (QED) is 0.379. The maximum Gasteiger partial charge on any atom is 0.405 e. The van der Waals surface area contributed by atoms with Crippen LogP contribution in [0.25, 0.3) is 0 Å². The van der Waals surface area contributed by atoms with Crippen molar-refractivity contribution in [2.45, 2.75) is 25.1 Å². The second-order valence-electron chi connectivity index (χ2n) is 4.62. The average Bonchev–Trinajstić information content (AvgIpc) is 3.18. The molecule has 8 heteroatoms. The van der Waals surface area contributed by atoms with Crippen molar-refractivity contribution in [1.29, 1.82) is 0 Å². The normalized spacial score (nSPS) is 16.3. The van der Waals surface area contributed by atoms with Crippen LogP contribution in [0, 0.1) is 0 Å². The van der Waals surface area contributed by atoms with E-state index in [-0.39, 0.29) is 17.4 Å². The molecule has 1 aliphatic carbocycles. The average molecular weight is 352 g/mol. The summed E-state index contributed by atoms with van der Waals surface area (Å²) < 4.78 is 38.8. The number of rotatable bonds is 4. The maximum absolute atomic E-state index is 12.7. The van der Waals surface area contributed by atoms with Crippen molar-refractivity contribution < 1.29 is 18.4 Å². The van der Waals surface area contributed by atoms with E-state index in [4.69, 9.17) is 10.9 Å². The molecule has 1 saturated carbocycles. The molecule has 2 rings (SSSR count). The van der Waals surface area contributed by atoms with Gasteiger partial charge in [0.15, 0.2) is 5.84 Å². The van der Waals surface area contributed by atoms with Crippen LogP contribution in [0.2, 0.25) is 0 Å². The molecule has 0 aromatic heterocycles. The van der Waals surface area contributed by atoms with Gasteiger partial charge < -0.3 is 15.8 Å². The van der Waals surface area contributed by atoms with Crippen molar-refractivity contribution in [3.8, 4) is 0 Å². The van der Waals surface area contributed by atoms with Crippen LogP contribution in [0.3, 0.4) is 0 Å². The van der Waals surface area contributed by atoms with Gasteiger partial charge in [-0.15, -0.1) is 0 Å². The lowest BCUT2D eigenvalue weighted by Gasteiger charge is -2.28. The second-order valence-corrected chi connectivity index (χ2v) is 5.54. The number of nitrogens with two attached hydrogens (primary N) is 1. The van der Waals surface area contributed by atoms with Crippen molar-refractivity contribution >= 4 is 27.5 Å². The Hall–Kier alpha value is -1.44. The van der Waals surface area contributed by atoms with Gasteiger partial charge in [-0.25, -0.2) is 0 Å². The number of amidine groups is 1. The van der Waals surface area contributed by atoms with E-state index in [1.807, 2.05) is 0 Å². The number of alkyl halides is 3. The molecule has 110 valence electrons. The predicted molar refractivity (Wildman–Crippen MR) is 73.1 cm³/mol. The smallest absolute Gasteiger partial charge is 0.405 e. The van der Waals surface area contributed by atoms with Crippen LogP contribution in [0.15, 0.2) is 27.8 Å². The van der Waals surface area contributed by atoms with Gasteiger partial charge in [-0.1, -0.05) is 21.1 Å². The van der Waals surface area contributed by atoms with E-state index in [1.165, 1.54) is 11.0 Å². The Bertz CT molecular complexity index is 529. The molecule has 0 aliphatic heterocycles. The first-order valence-corrected chi connectivity index (χ1v) is 6.72. The van der Waals surface area contributed by atoms with Crippen LogP contribution in [0.4, 0.5) is 18.9 Å². The molecule has 0 unspecified atom stereocenters. The first-order chi connectivity index (χ1) is 9.31. The number of nitrogens with zero attached hydrogens (tertiary/aromatic N) is 2. The molecular formula is C12H13BrF3N3O. The van der Waals surface area contributed by atoms with Gasteiger partial charge in [-0.3, -0.25) is 0 Å². The van der Waals surface area contributed by atoms with Gasteiger partial charge in [0.1, 0.15) is 6.54 Å². The monoisotopic (exact) mass is 351 g/mol. The minimum absolute atomic E-state index is 0.150. The summed E-state index contributed by atoms with van der Waals surface area (Å²) in [5.41, 5.74) is 6.16. The standard InChI is InChI=1S/C12H13BrF3N3O/c13-7-1-4-10(9(5-7)11(17)18-20)19(8-2-3-8)6-12(14,15)16/h1,4-5,8,20H,2-3,6H2,(H2,17,18). The molecule has 4 nitrogen and oxygen atoms in total. The topological polar surface area (TPSA) is 61.9 Å². The number of anilines is 1. The Morgan fingerprint density at radius 2 is 2.10 bits per heavy atom. The van der Waals surface area contributed by atoms with Gasteiger partial charge in [0.25, 0.3) is 0 Å². The van der Waals surface area contributed by atoms with Crippen molar-refractivity contribution in [3.63, 3.8) is 0 Å². The zero-order valence-electron chi connectivity index (χ0n) is 10.4. The number of hydrogen-bond acceptors (Lipinski definition) is 3. The van der Waals surface area contributed by atoms with E-state index in [9.17, 15) is 13.2 Å². The van der Waals surface area contributed by atoms with Gasteiger partial charge >= 0.3 is 6.18 Å². The highest BCUT2D eigenvalue weighted by atomic mass is 79.9. The summed E-state index contributed by atoms with van der Waals surface area (Å²) in [7, 11) is 0. The maximum atomic E-state index is 12.7. The molecular weight excluding hydrogens is 339 g/mol. The number of oxime groups is 1. The van der Waals surface area contributed by atoms with Gasteiger partial charge in [0.05, 0.1) is 0 Å². The first-order valence-electron chi connectivity index (χ1n) is 5.92. The summed E-state index contributed by atoms with van der Waals surface area (Å²) in [6.45, 7) is -1.05. The Morgan fingerprint density at radius 1 is 1.45 bits per heavy atom. The summed E-state index contributed by atoms with van der Waals surface area (Å²) in [6, 6.07) is 4.57. The zero-order chi connectivity index (χ0) is 14.9. The van der Waals surface area contributed by atoms with Gasteiger partial charge in [0.2, 0.25) is 0 Å². The fraction of sp³-hybridized carbons (Fsp3) is 0.417. The molecule has 1 aliphatic rings. The molecule has 0 radical (unpaired) electrons. The fourth-order valence-corrected chi connectivity index (χ4v) is 2.37. The minimum Gasteiger partial charge on any atom is -0.409 e. The highest BCUT2D eigenvalue weighted by molar-refractivity contribution is 9.10. The molecule has 1 fully saturated rings. The molecule has 0 amide bonds. The SMILES string of the molecule is N/C(=N/O)c1cc(Br)ccc1N(CC(F)(F)F)C1CC1. The predicted octanol–water partition coefficient (Wildman–Crippen LogP) is 3.07. The number of benzene rings is 1. The van der Waals surface area contributed by atoms with E-state index in [2.05, 4.69) is 21.1 Å². The largest absolute Gasteiger partial charge is 0.409 e. The number of halogens is 4. The second kappa shape index (κ2) is 5.51.